The van der Waals surface area contributed by atoms with Crippen LogP contribution in [0.4, 0.5) is 0 Å². The summed E-state index contributed by atoms with van der Waals surface area (Å²) in [6.45, 7) is 0. The summed E-state index contributed by atoms with van der Waals surface area (Å²) in [5.74, 6) is -2.31. The normalized spacial score (nSPS) is 14.1. The summed E-state index contributed by atoms with van der Waals surface area (Å²) in [7, 11) is -8.12. The average Bonchev–Trinajstić information content (AvgIpc) is 2.07. The molecule has 0 saturated heterocycles. The first kappa shape index (κ1) is 16.8. The van der Waals surface area contributed by atoms with E-state index in [4.69, 9.17) is 10.8 Å². The zero-order chi connectivity index (χ0) is 14.6. The van der Waals surface area contributed by atoms with Gasteiger partial charge in [0.1, 0.15) is 6.04 Å². The van der Waals surface area contributed by atoms with E-state index in [1.807, 2.05) is 0 Å². The Bertz CT molecular complexity index is 522. The predicted molar refractivity (Wildman–Crippen MR) is 61.6 cm³/mol. The maximum atomic E-state index is 11.3. The van der Waals surface area contributed by atoms with Crippen LogP contribution in [0.5, 0.6) is 0 Å². The number of primary amides is 1. The Morgan fingerprint density at radius 3 is 2.11 bits per heavy atom. The molecule has 0 heterocycles. The fraction of sp³-hybridized carbons (Fsp3) is 0.714. The monoisotopic (exact) mass is 302 g/mol. The number of hydrogen-bond donors (Lipinski definition) is 3. The first-order valence-electron chi connectivity index (χ1n) is 4.62. The molecule has 106 valence electrons. The number of nitrogens with one attached hydrogen (secondary N) is 1. The molecule has 0 aliphatic carbocycles. The second-order valence-electron chi connectivity index (χ2n) is 3.67. The van der Waals surface area contributed by atoms with Crippen molar-refractivity contribution in [2.45, 2.75) is 18.9 Å². The zero-order valence-electron chi connectivity index (χ0n) is 9.49. The van der Waals surface area contributed by atoms with Crippen molar-refractivity contribution >= 4 is 31.7 Å². The predicted octanol–water partition coefficient (Wildman–Crippen LogP) is -2.37. The third kappa shape index (κ3) is 7.97. The van der Waals surface area contributed by atoms with Crippen LogP contribution < -0.4 is 10.5 Å². The molecule has 0 aliphatic rings. The highest BCUT2D eigenvalue weighted by molar-refractivity contribution is 8.06. The molecule has 0 unspecified atom stereocenters. The molecule has 11 heteroatoms. The fourth-order valence-corrected chi connectivity index (χ4v) is 4.23. The van der Waals surface area contributed by atoms with E-state index in [2.05, 4.69) is 0 Å². The molecule has 1 amide bonds. The molecule has 0 aliphatic heterocycles. The van der Waals surface area contributed by atoms with Gasteiger partial charge >= 0.3 is 5.97 Å². The molecule has 0 radical (unpaired) electrons. The van der Waals surface area contributed by atoms with Crippen LogP contribution in [0.25, 0.3) is 0 Å². The number of sulfonamides is 1. The van der Waals surface area contributed by atoms with Crippen molar-refractivity contribution in [1.82, 2.24) is 4.72 Å². The number of aliphatic carboxylic acids is 1. The van der Waals surface area contributed by atoms with E-state index in [-0.39, 0.29) is 12.8 Å². The molecule has 4 N–H and O–H groups in total. The number of carbonyl (C=O) groups excluding carboxylic acids is 1. The number of carboxylic acids is 1. The topological polar surface area (TPSA) is 161 Å². The highest BCUT2D eigenvalue weighted by Crippen LogP contribution is 2.02. The van der Waals surface area contributed by atoms with Crippen LogP contribution >= 0.6 is 0 Å². The Kier molecular flexibility index (Phi) is 5.70. The van der Waals surface area contributed by atoms with Crippen molar-refractivity contribution in [3.05, 3.63) is 0 Å². The van der Waals surface area contributed by atoms with E-state index < -0.39 is 42.9 Å². The quantitative estimate of drug-likeness (QED) is 0.451. The number of hydrogen-bond acceptors (Lipinski definition) is 6. The summed E-state index contributed by atoms with van der Waals surface area (Å²) in [4.78, 5) is 21.2. The summed E-state index contributed by atoms with van der Waals surface area (Å²) >= 11 is 0. The number of amides is 1. The van der Waals surface area contributed by atoms with Crippen LogP contribution in [0.15, 0.2) is 0 Å². The maximum absolute atomic E-state index is 11.3. The van der Waals surface area contributed by atoms with Crippen LogP contribution in [-0.4, -0.2) is 51.2 Å². The Morgan fingerprint density at radius 1 is 1.28 bits per heavy atom. The second kappa shape index (κ2) is 6.11. The largest absolute Gasteiger partial charge is 0.480 e. The molecular weight excluding hydrogens is 288 g/mol. The smallest absolute Gasteiger partial charge is 0.321 e. The first-order chi connectivity index (χ1) is 7.93. The fourth-order valence-electron chi connectivity index (χ4n) is 1.05. The molecule has 0 aromatic carbocycles. The first-order valence-corrected chi connectivity index (χ1v) is 8.33. The van der Waals surface area contributed by atoms with E-state index in [1.165, 1.54) is 0 Å². The van der Waals surface area contributed by atoms with Gasteiger partial charge in [-0.3, -0.25) is 9.59 Å². The van der Waals surface area contributed by atoms with Gasteiger partial charge in [0.2, 0.25) is 15.9 Å². The molecule has 0 aromatic heterocycles. The Labute approximate surface area is 104 Å². The van der Waals surface area contributed by atoms with Crippen molar-refractivity contribution < 1.29 is 31.5 Å². The molecule has 0 aromatic rings. The molecule has 0 saturated carbocycles. The molecule has 18 heavy (non-hydrogen) atoms. The minimum atomic E-state index is -4.30. The molecular formula is C7H14N2O7S2. The van der Waals surface area contributed by atoms with Gasteiger partial charge < -0.3 is 10.8 Å². The van der Waals surface area contributed by atoms with Gasteiger partial charge in [0.25, 0.3) is 0 Å². The van der Waals surface area contributed by atoms with Crippen LogP contribution in [0.2, 0.25) is 0 Å². The van der Waals surface area contributed by atoms with Crippen molar-refractivity contribution in [3.8, 4) is 0 Å². The minimum Gasteiger partial charge on any atom is -0.480 e. The van der Waals surface area contributed by atoms with E-state index in [0.29, 0.717) is 6.26 Å². The lowest BCUT2D eigenvalue weighted by Gasteiger charge is -2.13. The number of carboxylic acid groups (broad SMARTS) is 1. The minimum absolute atomic E-state index is 0.335. The van der Waals surface area contributed by atoms with E-state index in [0.717, 1.165) is 0 Å². The van der Waals surface area contributed by atoms with Gasteiger partial charge in [-0.1, -0.05) is 0 Å². The van der Waals surface area contributed by atoms with Gasteiger partial charge in [-0.2, -0.15) is 0 Å². The summed E-state index contributed by atoms with van der Waals surface area (Å²) < 4.78 is 46.0. The molecule has 0 spiro atoms. The lowest BCUT2D eigenvalue weighted by Crippen LogP contribution is -2.43. The Morgan fingerprint density at radius 2 is 1.78 bits per heavy atom. The summed E-state index contributed by atoms with van der Waals surface area (Å²) in [6, 6.07) is -1.59. The van der Waals surface area contributed by atoms with Gasteiger partial charge in [0.05, 0.1) is 0 Å². The van der Waals surface area contributed by atoms with Crippen LogP contribution in [0.3, 0.4) is 0 Å². The van der Waals surface area contributed by atoms with Crippen LogP contribution in [0.1, 0.15) is 12.8 Å². The Balaban J connectivity index is 4.78. The number of nitrogens with two attached hydrogens (primary N) is 1. The summed E-state index contributed by atoms with van der Waals surface area (Å²) in [6.07, 6.45) is 0.0113. The second-order valence-corrected chi connectivity index (χ2v) is 7.93. The van der Waals surface area contributed by atoms with Crippen molar-refractivity contribution in [2.75, 3.05) is 11.3 Å². The standard InChI is InChI=1S/C7H14N2O7S2/c1-17(13,14)4-18(15,16)9-5(7(11)12)2-3-6(8)10/h5,9H,2-4H2,1H3,(H2,8,10)(H,11,12)/t5-/m0/s1. The molecule has 0 bridgehead atoms. The lowest BCUT2D eigenvalue weighted by molar-refractivity contribution is -0.139. The average molecular weight is 302 g/mol. The van der Waals surface area contributed by atoms with Crippen molar-refractivity contribution in [3.63, 3.8) is 0 Å². The van der Waals surface area contributed by atoms with Gasteiger partial charge in [-0.15, -0.1) is 0 Å². The number of rotatable bonds is 8. The van der Waals surface area contributed by atoms with E-state index >= 15 is 0 Å². The van der Waals surface area contributed by atoms with E-state index in [9.17, 15) is 26.4 Å². The maximum Gasteiger partial charge on any atom is 0.321 e. The van der Waals surface area contributed by atoms with E-state index in [1.54, 1.807) is 4.72 Å². The molecule has 1 atom stereocenters. The third-order valence-corrected chi connectivity index (χ3v) is 5.27. The highest BCUT2D eigenvalue weighted by Gasteiger charge is 2.26. The van der Waals surface area contributed by atoms with Gasteiger partial charge in [0.15, 0.2) is 14.9 Å². The number of carbonyl (C=O) groups is 2. The SMILES string of the molecule is CS(=O)(=O)CS(=O)(=O)N[C@@H](CCC(N)=O)C(=O)O. The number of sulfone groups is 1. The molecule has 9 nitrogen and oxygen atoms in total. The molecule has 0 fully saturated rings. The van der Waals surface area contributed by atoms with Crippen LogP contribution in [0, 0.1) is 0 Å². The van der Waals surface area contributed by atoms with Gasteiger partial charge in [0, 0.05) is 12.7 Å². The zero-order valence-corrected chi connectivity index (χ0v) is 11.1. The summed E-state index contributed by atoms with van der Waals surface area (Å²) in [5, 5.41) is 7.50. The van der Waals surface area contributed by atoms with Crippen molar-refractivity contribution in [2.24, 2.45) is 5.73 Å². The van der Waals surface area contributed by atoms with Crippen molar-refractivity contribution in [1.29, 1.82) is 0 Å². The third-order valence-electron chi connectivity index (χ3n) is 1.67. The molecule has 0 rings (SSSR count). The van der Waals surface area contributed by atoms with Gasteiger partial charge in [-0.25, -0.2) is 21.6 Å². The Hall–Kier alpha value is -1.20. The van der Waals surface area contributed by atoms with Gasteiger partial charge in [-0.05, 0) is 6.42 Å². The van der Waals surface area contributed by atoms with Crippen LogP contribution in [-0.2, 0) is 29.4 Å². The summed E-state index contributed by atoms with van der Waals surface area (Å²) in [5.41, 5.74) is 4.80. The lowest BCUT2D eigenvalue weighted by atomic mass is 10.2. The highest BCUT2D eigenvalue weighted by atomic mass is 32.3.